The summed E-state index contributed by atoms with van der Waals surface area (Å²) in [5, 5.41) is 2.51. The lowest BCUT2D eigenvalue weighted by atomic mass is 9.93. The minimum atomic E-state index is -0.0854. The summed E-state index contributed by atoms with van der Waals surface area (Å²) >= 11 is 0. The van der Waals surface area contributed by atoms with Crippen LogP contribution in [0, 0.1) is 0 Å². The molecule has 4 heteroatoms. The van der Waals surface area contributed by atoms with Crippen LogP contribution in [0.3, 0.4) is 0 Å². The summed E-state index contributed by atoms with van der Waals surface area (Å²) in [5.41, 5.74) is 5.85. The van der Waals surface area contributed by atoms with Crippen LogP contribution in [0.1, 0.15) is 25.7 Å². The molecule has 0 saturated heterocycles. The van der Waals surface area contributed by atoms with Gasteiger partial charge in [-0.05, 0) is 12.8 Å². The molecule has 0 bridgehead atoms. The van der Waals surface area contributed by atoms with Crippen LogP contribution >= 0.6 is 0 Å². The maximum absolute atomic E-state index is 10.9. The Morgan fingerprint density at radius 1 is 1.54 bits per heavy atom. The number of hydrogen-bond donors (Lipinski definition) is 2. The van der Waals surface area contributed by atoms with Gasteiger partial charge in [0.1, 0.15) is 6.61 Å². The zero-order valence-electron chi connectivity index (χ0n) is 8.08. The van der Waals surface area contributed by atoms with E-state index in [9.17, 15) is 4.79 Å². The van der Waals surface area contributed by atoms with E-state index in [1.807, 2.05) is 0 Å². The number of likely N-dealkylation sites (N-methyl/N-ethyl adjacent to an activating group) is 1. The van der Waals surface area contributed by atoms with E-state index in [2.05, 4.69) is 5.32 Å². The van der Waals surface area contributed by atoms with Crippen LogP contribution in [0.2, 0.25) is 0 Å². The van der Waals surface area contributed by atoms with Crippen molar-refractivity contribution in [2.24, 2.45) is 5.73 Å². The summed E-state index contributed by atoms with van der Waals surface area (Å²) in [6.45, 7) is 0.134. The number of hydrogen-bond acceptors (Lipinski definition) is 3. The molecule has 13 heavy (non-hydrogen) atoms. The Kier molecular flexibility index (Phi) is 4.18. The average molecular weight is 186 g/mol. The summed E-state index contributed by atoms with van der Waals surface area (Å²) in [6.07, 6.45) is 4.41. The molecule has 0 aliphatic heterocycles. The van der Waals surface area contributed by atoms with Crippen LogP contribution in [-0.4, -0.2) is 31.7 Å². The highest BCUT2D eigenvalue weighted by atomic mass is 16.5. The molecule has 1 saturated carbocycles. The highest BCUT2D eigenvalue weighted by molar-refractivity contribution is 5.76. The number of nitrogens with two attached hydrogens (primary N) is 1. The van der Waals surface area contributed by atoms with Gasteiger partial charge in [-0.3, -0.25) is 4.79 Å². The fraction of sp³-hybridized carbons (Fsp3) is 0.889. The van der Waals surface area contributed by atoms with E-state index in [1.165, 1.54) is 6.42 Å². The first kappa shape index (κ1) is 10.5. The second-order valence-corrected chi connectivity index (χ2v) is 3.47. The van der Waals surface area contributed by atoms with E-state index in [1.54, 1.807) is 7.05 Å². The van der Waals surface area contributed by atoms with Gasteiger partial charge in [-0.15, -0.1) is 0 Å². The lowest BCUT2D eigenvalue weighted by Crippen LogP contribution is -2.41. The molecule has 2 atom stereocenters. The maximum atomic E-state index is 10.9. The van der Waals surface area contributed by atoms with Crippen molar-refractivity contribution in [3.8, 4) is 0 Å². The maximum Gasteiger partial charge on any atom is 0.245 e. The van der Waals surface area contributed by atoms with Crippen molar-refractivity contribution in [2.75, 3.05) is 13.7 Å². The molecule has 0 heterocycles. The highest BCUT2D eigenvalue weighted by Crippen LogP contribution is 2.19. The Morgan fingerprint density at radius 2 is 2.23 bits per heavy atom. The third kappa shape index (κ3) is 3.32. The number of carbonyl (C=O) groups is 1. The minimum absolute atomic E-state index is 0.0750. The Balaban J connectivity index is 2.22. The molecular weight excluding hydrogens is 168 g/mol. The largest absolute Gasteiger partial charge is 0.367 e. The summed E-state index contributed by atoms with van der Waals surface area (Å²) in [7, 11) is 1.60. The summed E-state index contributed by atoms with van der Waals surface area (Å²) in [5.74, 6) is -0.0854. The van der Waals surface area contributed by atoms with Gasteiger partial charge in [0.2, 0.25) is 5.91 Å². The number of nitrogens with one attached hydrogen (secondary N) is 1. The lowest BCUT2D eigenvalue weighted by Gasteiger charge is -2.28. The SMILES string of the molecule is CNC(=O)COC1CCCCC1N. The van der Waals surface area contributed by atoms with Crippen molar-refractivity contribution in [3.05, 3.63) is 0 Å². The van der Waals surface area contributed by atoms with Crippen LogP contribution < -0.4 is 11.1 Å². The predicted octanol–water partition coefficient (Wildman–Crippen LogP) is 0.0189. The molecular formula is C9H18N2O2. The van der Waals surface area contributed by atoms with Gasteiger partial charge in [-0.2, -0.15) is 0 Å². The van der Waals surface area contributed by atoms with E-state index >= 15 is 0 Å². The van der Waals surface area contributed by atoms with Crippen molar-refractivity contribution >= 4 is 5.91 Å². The second kappa shape index (κ2) is 5.19. The summed E-state index contributed by atoms with van der Waals surface area (Å²) in [6, 6.07) is 0.110. The summed E-state index contributed by atoms with van der Waals surface area (Å²) < 4.78 is 5.41. The van der Waals surface area contributed by atoms with Crippen molar-refractivity contribution in [1.82, 2.24) is 5.32 Å². The van der Waals surface area contributed by atoms with Gasteiger partial charge in [0.25, 0.3) is 0 Å². The van der Waals surface area contributed by atoms with E-state index < -0.39 is 0 Å². The van der Waals surface area contributed by atoms with Crippen LogP contribution in [0.25, 0.3) is 0 Å². The van der Waals surface area contributed by atoms with Gasteiger partial charge in [0.15, 0.2) is 0 Å². The van der Waals surface area contributed by atoms with Crippen molar-refractivity contribution < 1.29 is 9.53 Å². The molecule has 1 aliphatic carbocycles. The van der Waals surface area contributed by atoms with Gasteiger partial charge in [-0.1, -0.05) is 12.8 Å². The van der Waals surface area contributed by atoms with Crippen molar-refractivity contribution in [2.45, 2.75) is 37.8 Å². The topological polar surface area (TPSA) is 64.3 Å². The Labute approximate surface area is 78.8 Å². The van der Waals surface area contributed by atoms with E-state index in [-0.39, 0.29) is 24.7 Å². The molecule has 0 radical (unpaired) electrons. The van der Waals surface area contributed by atoms with Crippen LogP contribution in [0.5, 0.6) is 0 Å². The number of amides is 1. The van der Waals surface area contributed by atoms with Gasteiger partial charge >= 0.3 is 0 Å². The number of ether oxygens (including phenoxy) is 1. The van der Waals surface area contributed by atoms with Crippen LogP contribution in [-0.2, 0) is 9.53 Å². The molecule has 2 unspecified atom stereocenters. The first-order chi connectivity index (χ1) is 6.24. The molecule has 0 aromatic heterocycles. The lowest BCUT2D eigenvalue weighted by molar-refractivity contribution is -0.128. The Hall–Kier alpha value is -0.610. The monoisotopic (exact) mass is 186 g/mol. The molecule has 4 nitrogen and oxygen atoms in total. The van der Waals surface area contributed by atoms with E-state index in [0.717, 1.165) is 19.3 Å². The number of carbonyl (C=O) groups excluding carboxylic acids is 1. The van der Waals surface area contributed by atoms with E-state index in [4.69, 9.17) is 10.5 Å². The van der Waals surface area contributed by atoms with Gasteiger partial charge < -0.3 is 15.8 Å². The van der Waals surface area contributed by atoms with Gasteiger partial charge in [0.05, 0.1) is 6.10 Å². The minimum Gasteiger partial charge on any atom is -0.367 e. The molecule has 1 rings (SSSR count). The first-order valence-corrected chi connectivity index (χ1v) is 4.82. The van der Waals surface area contributed by atoms with Crippen LogP contribution in [0.4, 0.5) is 0 Å². The molecule has 0 aromatic carbocycles. The second-order valence-electron chi connectivity index (χ2n) is 3.47. The molecule has 1 amide bonds. The highest BCUT2D eigenvalue weighted by Gasteiger charge is 2.22. The zero-order valence-corrected chi connectivity index (χ0v) is 8.08. The first-order valence-electron chi connectivity index (χ1n) is 4.82. The Morgan fingerprint density at radius 3 is 2.85 bits per heavy atom. The molecule has 0 spiro atoms. The third-order valence-corrected chi connectivity index (χ3v) is 2.46. The van der Waals surface area contributed by atoms with Gasteiger partial charge in [-0.25, -0.2) is 0 Å². The summed E-state index contributed by atoms with van der Waals surface area (Å²) in [4.78, 5) is 10.9. The quantitative estimate of drug-likeness (QED) is 0.653. The molecule has 1 fully saturated rings. The average Bonchev–Trinajstić information content (AvgIpc) is 2.16. The molecule has 3 N–H and O–H groups in total. The standard InChI is InChI=1S/C9H18N2O2/c1-11-9(12)6-13-8-5-3-2-4-7(8)10/h7-8H,2-6,10H2,1H3,(H,11,12). The van der Waals surface area contributed by atoms with Crippen molar-refractivity contribution in [1.29, 1.82) is 0 Å². The molecule has 76 valence electrons. The number of rotatable bonds is 3. The fourth-order valence-electron chi connectivity index (χ4n) is 1.59. The third-order valence-electron chi connectivity index (χ3n) is 2.46. The van der Waals surface area contributed by atoms with E-state index in [0.29, 0.717) is 0 Å². The Bertz CT molecular complexity index is 173. The fourth-order valence-corrected chi connectivity index (χ4v) is 1.59. The normalized spacial score (nSPS) is 28.5. The smallest absolute Gasteiger partial charge is 0.245 e. The molecule has 0 aromatic rings. The van der Waals surface area contributed by atoms with Gasteiger partial charge in [0, 0.05) is 13.1 Å². The predicted molar refractivity (Wildman–Crippen MR) is 50.3 cm³/mol. The molecule has 1 aliphatic rings. The van der Waals surface area contributed by atoms with Crippen molar-refractivity contribution in [3.63, 3.8) is 0 Å². The zero-order chi connectivity index (χ0) is 9.68. The van der Waals surface area contributed by atoms with Crippen LogP contribution in [0.15, 0.2) is 0 Å².